The van der Waals surface area contributed by atoms with E-state index in [1.165, 1.54) is 11.6 Å². The second-order valence-corrected chi connectivity index (χ2v) is 7.71. The van der Waals surface area contributed by atoms with Crippen LogP contribution < -0.4 is 4.74 Å². The van der Waals surface area contributed by atoms with E-state index in [1.807, 2.05) is 38.1 Å². The number of hydrogen-bond acceptors (Lipinski definition) is 4. The maximum Gasteiger partial charge on any atom is 0.328 e. The number of hydrogen-bond donors (Lipinski definition) is 2. The second-order valence-electron chi connectivity index (χ2n) is 6.03. The molecule has 1 rings (SSSR count). The second kappa shape index (κ2) is 10.8. The van der Waals surface area contributed by atoms with Crippen LogP contribution in [0.25, 0.3) is 0 Å². The van der Waals surface area contributed by atoms with Gasteiger partial charge in [0.25, 0.3) is 0 Å². The molecule has 0 saturated heterocycles. The van der Waals surface area contributed by atoms with E-state index in [-0.39, 0.29) is 11.2 Å². The van der Waals surface area contributed by atoms with Gasteiger partial charge in [-0.25, -0.2) is 4.79 Å². The van der Waals surface area contributed by atoms with Crippen LogP contribution in [-0.4, -0.2) is 34.0 Å². The van der Waals surface area contributed by atoms with Gasteiger partial charge < -0.3 is 14.9 Å². The average molecular weight is 354 g/mol. The molecule has 0 fully saturated rings. The van der Waals surface area contributed by atoms with Gasteiger partial charge in [-0.05, 0) is 31.5 Å². The van der Waals surface area contributed by atoms with Crippen LogP contribution in [0.15, 0.2) is 35.9 Å². The summed E-state index contributed by atoms with van der Waals surface area (Å²) in [5.41, 5.74) is 1.99. The van der Waals surface area contributed by atoms with E-state index in [9.17, 15) is 9.59 Å². The van der Waals surface area contributed by atoms with Gasteiger partial charge in [0.15, 0.2) is 0 Å². The molecule has 0 unspecified atom stereocenters. The van der Waals surface area contributed by atoms with Gasteiger partial charge in [0.1, 0.15) is 5.75 Å². The number of allylic oxidation sites excluding steroid dienone is 1. The summed E-state index contributed by atoms with van der Waals surface area (Å²) < 4.78 is 4.84. The predicted molar refractivity (Wildman–Crippen MR) is 97.7 cm³/mol. The molecule has 1 aromatic carbocycles. The van der Waals surface area contributed by atoms with Crippen LogP contribution in [-0.2, 0) is 15.3 Å². The Morgan fingerprint density at radius 1 is 1.17 bits per heavy atom. The molecule has 0 aliphatic heterocycles. The molecule has 0 spiro atoms. The summed E-state index contributed by atoms with van der Waals surface area (Å²) >= 11 is 1.65. The first-order valence-corrected chi connectivity index (χ1v) is 8.41. The van der Waals surface area contributed by atoms with Crippen LogP contribution in [0.5, 0.6) is 5.75 Å². The average Bonchev–Trinajstić information content (AvgIpc) is 2.43. The minimum atomic E-state index is -0.875. The Morgan fingerprint density at radius 3 is 2.04 bits per heavy atom. The van der Waals surface area contributed by atoms with Crippen molar-refractivity contribution in [2.24, 2.45) is 0 Å². The highest BCUT2D eigenvalue weighted by Gasteiger charge is 2.22. The summed E-state index contributed by atoms with van der Waals surface area (Å²) in [5, 5.41) is 16.8. The number of carboxylic acid groups (broad SMARTS) is 2. The molecule has 1 aromatic rings. The molecule has 0 bridgehead atoms. The van der Waals surface area contributed by atoms with Gasteiger partial charge in [-0.2, -0.15) is 11.8 Å². The van der Waals surface area contributed by atoms with E-state index in [4.69, 9.17) is 14.9 Å². The molecule has 6 heteroatoms. The zero-order chi connectivity index (χ0) is 18.8. The third kappa shape index (κ3) is 11.6. The lowest BCUT2D eigenvalue weighted by molar-refractivity contribution is -0.137. The van der Waals surface area contributed by atoms with Gasteiger partial charge in [0, 0.05) is 16.6 Å². The predicted octanol–water partition coefficient (Wildman–Crippen LogP) is 4.22. The number of rotatable bonds is 7. The molecule has 0 radical (unpaired) electrons. The van der Waals surface area contributed by atoms with Crippen molar-refractivity contribution < 1.29 is 24.5 Å². The smallest absolute Gasteiger partial charge is 0.328 e. The quantitative estimate of drug-likeness (QED) is 0.713. The Kier molecular flexibility index (Phi) is 9.88. The van der Waals surface area contributed by atoms with Crippen LogP contribution in [0.3, 0.4) is 0 Å². The van der Waals surface area contributed by atoms with E-state index in [2.05, 4.69) is 0 Å². The molecule has 134 valence electrons. The lowest BCUT2D eigenvalue weighted by atomic mass is 10.1. The summed E-state index contributed by atoms with van der Waals surface area (Å²) in [6, 6.07) is 7.84. The van der Waals surface area contributed by atoms with E-state index in [0.717, 1.165) is 17.1 Å². The Bertz CT molecular complexity index is 557. The highest BCUT2D eigenvalue weighted by molar-refractivity contribution is 7.99. The van der Waals surface area contributed by atoms with Crippen molar-refractivity contribution in [1.29, 1.82) is 0 Å². The Balaban J connectivity index is 0.000000640. The normalized spacial score (nSPS) is 10.2. The van der Waals surface area contributed by atoms with Gasteiger partial charge in [-0.1, -0.05) is 31.6 Å². The molecule has 0 saturated carbocycles. The Morgan fingerprint density at radius 2 is 1.71 bits per heavy atom. The van der Waals surface area contributed by atoms with Crippen LogP contribution in [0.2, 0.25) is 0 Å². The molecule has 0 amide bonds. The van der Waals surface area contributed by atoms with Crippen LogP contribution in [0, 0.1) is 0 Å². The third-order valence-electron chi connectivity index (χ3n) is 2.78. The zero-order valence-corrected chi connectivity index (χ0v) is 15.6. The fraction of sp³-hybridized carbons (Fsp3) is 0.444. The summed E-state index contributed by atoms with van der Waals surface area (Å²) in [4.78, 5) is 20.4. The zero-order valence-electron chi connectivity index (χ0n) is 14.8. The number of benzene rings is 1. The van der Waals surface area contributed by atoms with Crippen LogP contribution in [0.4, 0.5) is 0 Å². The van der Waals surface area contributed by atoms with Crippen LogP contribution in [0.1, 0.15) is 39.7 Å². The fourth-order valence-corrected chi connectivity index (χ4v) is 2.64. The van der Waals surface area contributed by atoms with Crippen molar-refractivity contribution >= 4 is 23.7 Å². The Labute approximate surface area is 147 Å². The molecule has 0 aliphatic carbocycles. The van der Waals surface area contributed by atoms with Gasteiger partial charge in [0.2, 0.25) is 0 Å². The van der Waals surface area contributed by atoms with Gasteiger partial charge in [0.05, 0.1) is 13.5 Å². The molecule has 0 aromatic heterocycles. The van der Waals surface area contributed by atoms with E-state index in [0.29, 0.717) is 0 Å². The molecule has 24 heavy (non-hydrogen) atoms. The molecule has 0 heterocycles. The molecular formula is C18H26O5S. The summed E-state index contributed by atoms with van der Waals surface area (Å²) in [7, 11) is 1.64. The first-order chi connectivity index (χ1) is 11.1. The number of ether oxygens (including phenoxy) is 1. The van der Waals surface area contributed by atoms with E-state index >= 15 is 0 Å². The van der Waals surface area contributed by atoms with E-state index < -0.39 is 11.9 Å². The minimum Gasteiger partial charge on any atom is -0.497 e. The molecule has 0 aliphatic rings. The topological polar surface area (TPSA) is 83.8 Å². The molecule has 5 nitrogen and oxygen atoms in total. The molecule has 0 atom stereocenters. The number of carbonyl (C=O) groups is 2. The fourth-order valence-electron chi connectivity index (χ4n) is 1.66. The number of carboxylic acids is 2. The van der Waals surface area contributed by atoms with E-state index in [1.54, 1.807) is 32.7 Å². The highest BCUT2D eigenvalue weighted by atomic mass is 32.2. The molecule has 2 N–H and O–H groups in total. The third-order valence-corrected chi connectivity index (χ3v) is 4.18. The first kappa shape index (κ1) is 22.1. The minimum absolute atomic E-state index is 0.174. The van der Waals surface area contributed by atoms with Crippen molar-refractivity contribution in [3.8, 4) is 5.75 Å². The molecular weight excluding hydrogens is 328 g/mol. The van der Waals surface area contributed by atoms with Crippen molar-refractivity contribution in [1.82, 2.24) is 0 Å². The largest absolute Gasteiger partial charge is 0.497 e. The lowest BCUT2D eigenvalue weighted by Crippen LogP contribution is -2.19. The number of aliphatic carboxylic acids is 2. The lowest BCUT2D eigenvalue weighted by Gasteiger charge is -2.21. The summed E-state index contributed by atoms with van der Waals surface area (Å²) in [5.74, 6) is 0.0188. The van der Waals surface area contributed by atoms with Crippen molar-refractivity contribution in [3.05, 3.63) is 41.5 Å². The van der Waals surface area contributed by atoms with Crippen LogP contribution >= 0.6 is 11.8 Å². The Hall–Kier alpha value is -1.95. The van der Waals surface area contributed by atoms with Gasteiger partial charge >= 0.3 is 11.9 Å². The van der Waals surface area contributed by atoms with Crippen molar-refractivity contribution in [2.75, 3.05) is 7.11 Å². The summed E-state index contributed by atoms with van der Waals surface area (Å²) in [6.45, 7) is 7.40. The maximum absolute atomic E-state index is 10.7. The highest BCUT2D eigenvalue weighted by Crippen LogP contribution is 2.31. The van der Waals surface area contributed by atoms with Crippen molar-refractivity contribution in [2.45, 2.75) is 44.6 Å². The SMILES string of the molecule is CC(C)=CC(=O)O.COc1ccc(CSC(C)(C)CC(=O)O)cc1. The van der Waals surface area contributed by atoms with Gasteiger partial charge in [-0.15, -0.1) is 0 Å². The summed E-state index contributed by atoms with van der Waals surface area (Å²) in [6.07, 6.45) is 1.34. The number of methoxy groups -OCH3 is 1. The first-order valence-electron chi connectivity index (χ1n) is 7.42. The monoisotopic (exact) mass is 354 g/mol. The maximum atomic E-state index is 10.7. The standard InChI is InChI=1S/C13H18O3S.C5H8O2/c1-13(2,8-12(14)15)17-9-10-4-6-11(16-3)7-5-10;1-4(2)3-5(6)7/h4-7H,8-9H2,1-3H3,(H,14,15);3H,1-2H3,(H,6,7). The number of thioether (sulfide) groups is 1. The van der Waals surface area contributed by atoms with Gasteiger partial charge in [-0.3, -0.25) is 4.79 Å². The van der Waals surface area contributed by atoms with Crippen molar-refractivity contribution in [3.63, 3.8) is 0 Å².